The molecule has 1 heterocycles. The van der Waals surface area contributed by atoms with Gasteiger partial charge in [0.15, 0.2) is 5.96 Å². The van der Waals surface area contributed by atoms with Crippen LogP contribution in [-0.4, -0.2) is 68.6 Å². The standard InChI is InChI=1S/C18H27F4N5.HI/c1-3-26-8-10-27(11-9-26)7-6-24-17(23-2)25-13-14-4-5-15(19)12-16(14)18(20,21)22;/h4-5,12H,3,6-11,13H2,1-2H3,(H2,23,24,25);1H. The van der Waals surface area contributed by atoms with Crippen LogP contribution in [0.3, 0.4) is 0 Å². The molecule has 0 spiro atoms. The number of aliphatic imine (C=N–C) groups is 1. The van der Waals surface area contributed by atoms with E-state index in [1.54, 1.807) is 7.05 Å². The number of piperazine rings is 1. The van der Waals surface area contributed by atoms with Crippen LogP contribution in [0, 0.1) is 5.82 Å². The second-order valence-corrected chi connectivity index (χ2v) is 6.43. The minimum Gasteiger partial charge on any atom is -0.355 e. The third kappa shape index (κ3) is 7.70. The normalized spacial score (nSPS) is 16.6. The van der Waals surface area contributed by atoms with Crippen LogP contribution >= 0.6 is 24.0 Å². The lowest BCUT2D eigenvalue weighted by Gasteiger charge is -2.34. The minimum atomic E-state index is -4.60. The predicted molar refractivity (Wildman–Crippen MR) is 114 cm³/mol. The Kier molecular flexibility index (Phi) is 10.5. The van der Waals surface area contributed by atoms with Crippen LogP contribution in [0.5, 0.6) is 0 Å². The maximum atomic E-state index is 13.2. The number of alkyl halides is 3. The molecule has 0 radical (unpaired) electrons. The molecule has 0 saturated carbocycles. The quantitative estimate of drug-likeness (QED) is 0.264. The lowest BCUT2D eigenvalue weighted by Crippen LogP contribution is -2.49. The number of guanidine groups is 1. The van der Waals surface area contributed by atoms with Crippen molar-refractivity contribution in [3.8, 4) is 0 Å². The van der Waals surface area contributed by atoms with Crippen molar-refractivity contribution in [2.24, 2.45) is 4.99 Å². The molecule has 160 valence electrons. The van der Waals surface area contributed by atoms with Gasteiger partial charge in [-0.15, -0.1) is 24.0 Å². The smallest absolute Gasteiger partial charge is 0.355 e. The Bertz CT molecular complexity index is 631. The fourth-order valence-corrected chi connectivity index (χ4v) is 3.03. The van der Waals surface area contributed by atoms with Crippen molar-refractivity contribution in [1.82, 2.24) is 20.4 Å². The van der Waals surface area contributed by atoms with Crippen molar-refractivity contribution in [2.75, 3.05) is 52.9 Å². The van der Waals surface area contributed by atoms with Crippen molar-refractivity contribution in [3.05, 3.63) is 35.1 Å². The summed E-state index contributed by atoms with van der Waals surface area (Å²) in [5.41, 5.74) is -0.998. The highest BCUT2D eigenvalue weighted by atomic mass is 127. The van der Waals surface area contributed by atoms with E-state index in [0.717, 1.165) is 51.4 Å². The van der Waals surface area contributed by atoms with Gasteiger partial charge in [-0.05, 0) is 24.2 Å². The van der Waals surface area contributed by atoms with Crippen molar-refractivity contribution in [3.63, 3.8) is 0 Å². The Hall–Kier alpha value is -1.14. The monoisotopic (exact) mass is 517 g/mol. The predicted octanol–water partition coefficient (Wildman–Crippen LogP) is 2.77. The summed E-state index contributed by atoms with van der Waals surface area (Å²) < 4.78 is 52.3. The zero-order valence-electron chi connectivity index (χ0n) is 16.2. The van der Waals surface area contributed by atoms with Crippen LogP contribution in [-0.2, 0) is 12.7 Å². The SMILES string of the molecule is CCN1CCN(CCNC(=NC)NCc2ccc(F)cc2C(F)(F)F)CC1.I. The average Bonchev–Trinajstić information content (AvgIpc) is 2.65. The Morgan fingerprint density at radius 2 is 1.75 bits per heavy atom. The number of benzene rings is 1. The van der Waals surface area contributed by atoms with Gasteiger partial charge in [0.05, 0.1) is 5.56 Å². The number of rotatable bonds is 6. The van der Waals surface area contributed by atoms with Gasteiger partial charge in [0.25, 0.3) is 0 Å². The highest BCUT2D eigenvalue weighted by Gasteiger charge is 2.33. The molecular weight excluding hydrogens is 489 g/mol. The molecule has 1 fully saturated rings. The molecule has 1 aliphatic rings. The van der Waals surface area contributed by atoms with Crippen LogP contribution in [0.4, 0.5) is 17.6 Å². The first kappa shape index (κ1) is 24.9. The minimum absolute atomic E-state index is 0. The number of halogens is 5. The Morgan fingerprint density at radius 3 is 2.32 bits per heavy atom. The van der Waals surface area contributed by atoms with Gasteiger partial charge in [-0.1, -0.05) is 13.0 Å². The van der Waals surface area contributed by atoms with Crippen LogP contribution in [0.1, 0.15) is 18.1 Å². The van der Waals surface area contributed by atoms with Gasteiger partial charge in [0.1, 0.15) is 5.82 Å². The first-order valence-electron chi connectivity index (χ1n) is 9.08. The molecule has 1 aromatic carbocycles. The Balaban J connectivity index is 0.00000392. The van der Waals surface area contributed by atoms with Crippen LogP contribution in [0.15, 0.2) is 23.2 Å². The van der Waals surface area contributed by atoms with Crippen LogP contribution in [0.25, 0.3) is 0 Å². The lowest BCUT2D eigenvalue weighted by atomic mass is 10.1. The first-order valence-corrected chi connectivity index (χ1v) is 9.08. The third-order valence-corrected chi connectivity index (χ3v) is 4.68. The van der Waals surface area contributed by atoms with Gasteiger partial charge in [-0.25, -0.2) is 4.39 Å². The molecule has 2 rings (SSSR count). The molecule has 0 amide bonds. The van der Waals surface area contributed by atoms with Crippen molar-refractivity contribution >= 4 is 29.9 Å². The van der Waals surface area contributed by atoms with Gasteiger partial charge in [-0.3, -0.25) is 9.89 Å². The van der Waals surface area contributed by atoms with E-state index in [1.807, 2.05) is 0 Å². The van der Waals surface area contributed by atoms with Gasteiger partial charge >= 0.3 is 6.18 Å². The molecule has 28 heavy (non-hydrogen) atoms. The largest absolute Gasteiger partial charge is 0.416 e. The van der Waals surface area contributed by atoms with E-state index < -0.39 is 17.6 Å². The Labute approximate surface area is 180 Å². The van der Waals surface area contributed by atoms with E-state index in [4.69, 9.17) is 0 Å². The van der Waals surface area contributed by atoms with E-state index >= 15 is 0 Å². The molecule has 1 aromatic rings. The van der Waals surface area contributed by atoms with Crippen LogP contribution in [0.2, 0.25) is 0 Å². The summed E-state index contributed by atoms with van der Waals surface area (Å²) in [7, 11) is 1.56. The maximum Gasteiger partial charge on any atom is 0.416 e. The topological polar surface area (TPSA) is 42.9 Å². The second-order valence-electron chi connectivity index (χ2n) is 6.43. The van der Waals surface area contributed by atoms with E-state index in [-0.39, 0.29) is 36.1 Å². The molecule has 1 aliphatic heterocycles. The van der Waals surface area contributed by atoms with Crippen molar-refractivity contribution in [1.29, 1.82) is 0 Å². The molecule has 10 heteroatoms. The molecule has 0 aromatic heterocycles. The summed E-state index contributed by atoms with van der Waals surface area (Å²) >= 11 is 0. The fourth-order valence-electron chi connectivity index (χ4n) is 3.03. The van der Waals surface area contributed by atoms with Gasteiger partial charge in [-0.2, -0.15) is 13.2 Å². The number of hydrogen-bond donors (Lipinski definition) is 2. The van der Waals surface area contributed by atoms with Crippen LogP contribution < -0.4 is 10.6 Å². The molecule has 0 bridgehead atoms. The summed E-state index contributed by atoms with van der Waals surface area (Å²) in [5.74, 6) is -0.489. The summed E-state index contributed by atoms with van der Waals surface area (Å²) in [6.45, 7) is 8.71. The summed E-state index contributed by atoms with van der Waals surface area (Å²) in [6, 6.07) is 2.69. The third-order valence-electron chi connectivity index (χ3n) is 4.68. The molecule has 2 N–H and O–H groups in total. The number of hydrogen-bond acceptors (Lipinski definition) is 3. The highest BCUT2D eigenvalue weighted by molar-refractivity contribution is 14.0. The fraction of sp³-hybridized carbons (Fsp3) is 0.611. The van der Waals surface area contributed by atoms with E-state index in [9.17, 15) is 17.6 Å². The highest BCUT2D eigenvalue weighted by Crippen LogP contribution is 2.32. The van der Waals surface area contributed by atoms with E-state index in [1.165, 1.54) is 0 Å². The number of nitrogens with one attached hydrogen (secondary N) is 2. The molecule has 5 nitrogen and oxygen atoms in total. The maximum absolute atomic E-state index is 13.2. The lowest BCUT2D eigenvalue weighted by molar-refractivity contribution is -0.138. The van der Waals surface area contributed by atoms with Crippen molar-refractivity contribution in [2.45, 2.75) is 19.6 Å². The first-order chi connectivity index (χ1) is 12.8. The molecule has 0 atom stereocenters. The second kappa shape index (κ2) is 11.8. The summed E-state index contributed by atoms with van der Waals surface area (Å²) in [4.78, 5) is 8.77. The van der Waals surface area contributed by atoms with E-state index in [2.05, 4.69) is 32.3 Å². The Morgan fingerprint density at radius 1 is 1.11 bits per heavy atom. The molecule has 1 saturated heterocycles. The van der Waals surface area contributed by atoms with Crippen molar-refractivity contribution < 1.29 is 17.6 Å². The molecular formula is C18H28F4IN5. The molecule has 0 unspecified atom stereocenters. The van der Waals surface area contributed by atoms with E-state index in [0.29, 0.717) is 18.6 Å². The van der Waals surface area contributed by atoms with Gasteiger partial charge in [0, 0.05) is 52.9 Å². The molecule has 0 aliphatic carbocycles. The number of nitrogens with zero attached hydrogens (tertiary/aromatic N) is 3. The zero-order valence-corrected chi connectivity index (χ0v) is 18.5. The summed E-state index contributed by atoms with van der Waals surface area (Å²) in [5, 5.41) is 5.97. The number of likely N-dealkylation sites (N-methyl/N-ethyl adjacent to an activating group) is 1. The van der Waals surface area contributed by atoms with Gasteiger partial charge in [0.2, 0.25) is 0 Å². The average molecular weight is 517 g/mol. The van der Waals surface area contributed by atoms with Gasteiger partial charge < -0.3 is 15.5 Å². The zero-order chi connectivity index (χ0) is 19.9. The summed E-state index contributed by atoms with van der Waals surface area (Å²) in [6.07, 6.45) is -4.60.